The number of methoxy groups -OCH3 is 1. The summed E-state index contributed by atoms with van der Waals surface area (Å²) in [6.07, 6.45) is 2.17. The van der Waals surface area contributed by atoms with Crippen LogP contribution >= 0.6 is 0 Å². The first-order valence-corrected chi connectivity index (χ1v) is 7.08. The quantitative estimate of drug-likeness (QED) is 0.710. The maximum atomic E-state index is 12.0. The SMILES string of the molecule is COC(=O)C(CC(C)C)NC(C)C(=O)NCc1ccco1. The van der Waals surface area contributed by atoms with Crippen LogP contribution in [-0.2, 0) is 20.9 Å². The van der Waals surface area contributed by atoms with E-state index in [0.717, 1.165) is 0 Å². The fraction of sp³-hybridized carbons (Fsp3) is 0.600. The van der Waals surface area contributed by atoms with Crippen molar-refractivity contribution in [3.8, 4) is 0 Å². The van der Waals surface area contributed by atoms with Gasteiger partial charge in [-0.15, -0.1) is 0 Å². The van der Waals surface area contributed by atoms with Crippen LogP contribution < -0.4 is 10.6 Å². The third kappa shape index (κ3) is 5.99. The van der Waals surface area contributed by atoms with Gasteiger partial charge >= 0.3 is 5.97 Å². The van der Waals surface area contributed by atoms with E-state index in [1.54, 1.807) is 25.3 Å². The van der Waals surface area contributed by atoms with E-state index in [-0.39, 0.29) is 11.9 Å². The summed E-state index contributed by atoms with van der Waals surface area (Å²) in [6.45, 7) is 6.07. The molecule has 6 heteroatoms. The minimum atomic E-state index is -0.497. The summed E-state index contributed by atoms with van der Waals surface area (Å²) in [6, 6.07) is 2.56. The molecule has 0 saturated heterocycles. The van der Waals surface area contributed by atoms with Gasteiger partial charge < -0.3 is 14.5 Å². The van der Waals surface area contributed by atoms with Gasteiger partial charge in [0.15, 0.2) is 0 Å². The smallest absolute Gasteiger partial charge is 0.322 e. The van der Waals surface area contributed by atoms with Crippen LogP contribution in [0.15, 0.2) is 22.8 Å². The molecule has 6 nitrogen and oxygen atoms in total. The number of hydrogen-bond donors (Lipinski definition) is 2. The molecule has 0 bridgehead atoms. The van der Waals surface area contributed by atoms with Crippen LogP contribution in [-0.4, -0.2) is 31.1 Å². The molecule has 2 unspecified atom stereocenters. The molecule has 1 aromatic rings. The lowest BCUT2D eigenvalue weighted by Crippen LogP contribution is -2.50. The normalized spacial score (nSPS) is 13.8. The Morgan fingerprint density at radius 1 is 1.33 bits per heavy atom. The van der Waals surface area contributed by atoms with Gasteiger partial charge in [-0.2, -0.15) is 0 Å². The molecule has 2 N–H and O–H groups in total. The third-order valence-electron chi connectivity index (χ3n) is 3.05. The molecule has 0 spiro atoms. The summed E-state index contributed by atoms with van der Waals surface area (Å²) in [5.41, 5.74) is 0. The third-order valence-corrected chi connectivity index (χ3v) is 3.05. The summed E-state index contributed by atoms with van der Waals surface area (Å²) in [5, 5.41) is 5.76. The van der Waals surface area contributed by atoms with Crippen LogP contribution in [0.25, 0.3) is 0 Å². The van der Waals surface area contributed by atoms with Crippen molar-refractivity contribution in [2.45, 2.75) is 45.8 Å². The van der Waals surface area contributed by atoms with Gasteiger partial charge in [-0.1, -0.05) is 13.8 Å². The molecule has 118 valence electrons. The van der Waals surface area contributed by atoms with Gasteiger partial charge in [0.2, 0.25) is 5.91 Å². The molecule has 1 rings (SSSR count). The Balaban J connectivity index is 2.49. The van der Waals surface area contributed by atoms with Gasteiger partial charge in [-0.25, -0.2) is 0 Å². The minimum Gasteiger partial charge on any atom is -0.468 e. The number of furan rings is 1. The Hall–Kier alpha value is -1.82. The number of carbonyl (C=O) groups is 2. The fourth-order valence-corrected chi connectivity index (χ4v) is 1.96. The number of amides is 1. The van der Waals surface area contributed by atoms with Crippen molar-refractivity contribution in [2.75, 3.05) is 7.11 Å². The predicted octanol–water partition coefficient (Wildman–Crippen LogP) is 1.46. The molecule has 0 radical (unpaired) electrons. The van der Waals surface area contributed by atoms with Crippen LogP contribution in [0.2, 0.25) is 0 Å². The lowest BCUT2D eigenvalue weighted by molar-refractivity contribution is -0.144. The number of rotatable bonds is 8. The zero-order valence-electron chi connectivity index (χ0n) is 13.0. The molecule has 0 aliphatic heterocycles. The highest BCUT2D eigenvalue weighted by Crippen LogP contribution is 2.07. The van der Waals surface area contributed by atoms with E-state index >= 15 is 0 Å². The maximum absolute atomic E-state index is 12.0. The summed E-state index contributed by atoms with van der Waals surface area (Å²) >= 11 is 0. The highest BCUT2D eigenvalue weighted by Gasteiger charge is 2.24. The molecule has 0 aliphatic carbocycles. The van der Waals surface area contributed by atoms with Crippen molar-refractivity contribution in [2.24, 2.45) is 5.92 Å². The van der Waals surface area contributed by atoms with Crippen LogP contribution in [0, 0.1) is 5.92 Å². The first kappa shape index (κ1) is 17.2. The molecule has 1 aromatic heterocycles. The van der Waals surface area contributed by atoms with Crippen molar-refractivity contribution in [3.05, 3.63) is 24.2 Å². The summed E-state index contributed by atoms with van der Waals surface area (Å²) in [4.78, 5) is 23.7. The second-order valence-corrected chi connectivity index (χ2v) is 5.39. The molecule has 1 amide bonds. The number of ether oxygens (including phenoxy) is 1. The van der Waals surface area contributed by atoms with Crippen LogP contribution in [0.5, 0.6) is 0 Å². The topological polar surface area (TPSA) is 80.6 Å². The van der Waals surface area contributed by atoms with Gasteiger partial charge in [0, 0.05) is 0 Å². The summed E-state index contributed by atoms with van der Waals surface area (Å²) in [5.74, 6) is 0.459. The van der Waals surface area contributed by atoms with Gasteiger partial charge in [-0.3, -0.25) is 14.9 Å². The van der Waals surface area contributed by atoms with Crippen LogP contribution in [0.3, 0.4) is 0 Å². The van der Waals surface area contributed by atoms with Crippen molar-refractivity contribution in [1.29, 1.82) is 0 Å². The van der Waals surface area contributed by atoms with E-state index in [4.69, 9.17) is 9.15 Å². The molecule has 1 heterocycles. The Labute approximate surface area is 125 Å². The monoisotopic (exact) mass is 296 g/mol. The average Bonchev–Trinajstić information content (AvgIpc) is 2.95. The van der Waals surface area contributed by atoms with Crippen molar-refractivity contribution in [1.82, 2.24) is 10.6 Å². The molecule has 0 aromatic carbocycles. The minimum absolute atomic E-state index is 0.191. The lowest BCUT2D eigenvalue weighted by atomic mass is 10.0. The molecular formula is C15H24N2O4. The van der Waals surface area contributed by atoms with Gasteiger partial charge in [0.05, 0.1) is 26.0 Å². The van der Waals surface area contributed by atoms with Crippen molar-refractivity contribution >= 4 is 11.9 Å². The van der Waals surface area contributed by atoms with Crippen LogP contribution in [0.1, 0.15) is 33.0 Å². The molecule has 2 atom stereocenters. The summed E-state index contributed by atoms with van der Waals surface area (Å²) in [7, 11) is 1.35. The second kappa shape index (κ2) is 8.46. The van der Waals surface area contributed by atoms with Crippen LogP contribution in [0.4, 0.5) is 0 Å². The maximum Gasteiger partial charge on any atom is 0.322 e. The Morgan fingerprint density at radius 3 is 2.57 bits per heavy atom. The van der Waals surface area contributed by atoms with Crippen molar-refractivity contribution < 1.29 is 18.7 Å². The Bertz CT molecular complexity index is 443. The number of esters is 1. The average molecular weight is 296 g/mol. The van der Waals surface area contributed by atoms with Crippen molar-refractivity contribution in [3.63, 3.8) is 0 Å². The summed E-state index contributed by atoms with van der Waals surface area (Å²) < 4.78 is 9.91. The van der Waals surface area contributed by atoms with E-state index in [1.807, 2.05) is 13.8 Å². The standard InChI is InChI=1S/C15H24N2O4/c1-10(2)8-13(15(19)20-4)17-11(3)14(18)16-9-12-6-5-7-21-12/h5-7,10-11,13,17H,8-9H2,1-4H3,(H,16,18). The Morgan fingerprint density at radius 2 is 2.05 bits per heavy atom. The van der Waals surface area contributed by atoms with Gasteiger partial charge in [0.1, 0.15) is 11.8 Å². The van der Waals surface area contributed by atoms with Gasteiger partial charge in [0.25, 0.3) is 0 Å². The second-order valence-electron chi connectivity index (χ2n) is 5.39. The zero-order chi connectivity index (χ0) is 15.8. The van der Waals surface area contributed by atoms with Gasteiger partial charge in [-0.05, 0) is 31.4 Å². The van der Waals surface area contributed by atoms with E-state index < -0.39 is 12.1 Å². The number of carbonyl (C=O) groups excluding carboxylic acids is 2. The van der Waals surface area contributed by atoms with E-state index in [1.165, 1.54) is 7.11 Å². The first-order chi connectivity index (χ1) is 9.93. The fourth-order valence-electron chi connectivity index (χ4n) is 1.96. The highest BCUT2D eigenvalue weighted by atomic mass is 16.5. The predicted molar refractivity (Wildman–Crippen MR) is 78.4 cm³/mol. The molecular weight excluding hydrogens is 272 g/mol. The van der Waals surface area contributed by atoms with E-state index in [0.29, 0.717) is 24.6 Å². The molecule has 0 aliphatic rings. The zero-order valence-corrected chi connectivity index (χ0v) is 13.0. The molecule has 0 saturated carbocycles. The number of hydrogen-bond acceptors (Lipinski definition) is 5. The number of nitrogens with one attached hydrogen (secondary N) is 2. The largest absolute Gasteiger partial charge is 0.468 e. The highest BCUT2D eigenvalue weighted by molar-refractivity contribution is 5.83. The lowest BCUT2D eigenvalue weighted by Gasteiger charge is -2.22. The molecule has 0 fully saturated rings. The van der Waals surface area contributed by atoms with E-state index in [9.17, 15) is 9.59 Å². The molecule has 21 heavy (non-hydrogen) atoms. The Kier molecular flexibility index (Phi) is 6.94. The first-order valence-electron chi connectivity index (χ1n) is 7.08. The van der Waals surface area contributed by atoms with E-state index in [2.05, 4.69) is 10.6 Å².